The fourth-order valence-electron chi connectivity index (χ4n) is 2.26. The highest BCUT2D eigenvalue weighted by molar-refractivity contribution is 5.95. The molecule has 0 saturated carbocycles. The molecule has 140 valence electrons. The molecule has 1 heterocycles. The SMILES string of the molecule is O=C(NO)c1ccc(C=NNC(=O)c2cnc(-c3ccccc3)cn2)c(F)c1. The summed E-state index contributed by atoms with van der Waals surface area (Å²) in [5.41, 5.74) is 5.15. The van der Waals surface area contributed by atoms with Gasteiger partial charge in [-0.3, -0.25) is 19.8 Å². The van der Waals surface area contributed by atoms with E-state index in [0.29, 0.717) is 5.69 Å². The van der Waals surface area contributed by atoms with Crippen LogP contribution in [0.25, 0.3) is 11.3 Å². The third kappa shape index (κ3) is 4.40. The summed E-state index contributed by atoms with van der Waals surface area (Å²) in [6.07, 6.45) is 3.87. The zero-order valence-electron chi connectivity index (χ0n) is 14.3. The summed E-state index contributed by atoms with van der Waals surface area (Å²) >= 11 is 0. The van der Waals surface area contributed by atoms with Crippen LogP contribution in [0.1, 0.15) is 26.4 Å². The molecule has 2 amide bonds. The highest BCUT2D eigenvalue weighted by atomic mass is 19.1. The molecular formula is C19H14FN5O3. The fourth-order valence-corrected chi connectivity index (χ4v) is 2.26. The predicted octanol–water partition coefficient (Wildman–Crippen LogP) is 2.17. The van der Waals surface area contributed by atoms with Gasteiger partial charge in [0.1, 0.15) is 11.5 Å². The van der Waals surface area contributed by atoms with E-state index < -0.39 is 17.6 Å². The normalized spacial score (nSPS) is 10.6. The summed E-state index contributed by atoms with van der Waals surface area (Å²) in [7, 11) is 0. The Labute approximate surface area is 158 Å². The van der Waals surface area contributed by atoms with Crippen LogP contribution >= 0.6 is 0 Å². The number of amides is 2. The number of rotatable bonds is 5. The first-order valence-corrected chi connectivity index (χ1v) is 8.03. The summed E-state index contributed by atoms with van der Waals surface area (Å²) in [6, 6.07) is 12.9. The average Bonchev–Trinajstić information content (AvgIpc) is 2.75. The quantitative estimate of drug-likeness (QED) is 0.357. The number of aromatic nitrogens is 2. The van der Waals surface area contributed by atoms with Gasteiger partial charge in [-0.15, -0.1) is 0 Å². The molecule has 3 N–H and O–H groups in total. The van der Waals surface area contributed by atoms with Crippen molar-refractivity contribution >= 4 is 18.0 Å². The van der Waals surface area contributed by atoms with E-state index in [1.165, 1.54) is 30.0 Å². The van der Waals surface area contributed by atoms with Crippen molar-refractivity contribution in [3.63, 3.8) is 0 Å². The lowest BCUT2D eigenvalue weighted by atomic mass is 10.1. The highest BCUT2D eigenvalue weighted by Gasteiger charge is 2.09. The Morgan fingerprint density at radius 3 is 2.46 bits per heavy atom. The molecule has 0 aliphatic rings. The van der Waals surface area contributed by atoms with Crippen LogP contribution in [-0.2, 0) is 0 Å². The van der Waals surface area contributed by atoms with Gasteiger partial charge in [-0.05, 0) is 18.2 Å². The summed E-state index contributed by atoms with van der Waals surface area (Å²) < 4.78 is 13.9. The number of hydrogen-bond acceptors (Lipinski definition) is 6. The van der Waals surface area contributed by atoms with Gasteiger partial charge in [0, 0.05) is 16.7 Å². The van der Waals surface area contributed by atoms with Crippen LogP contribution in [-0.4, -0.2) is 33.2 Å². The van der Waals surface area contributed by atoms with Crippen molar-refractivity contribution in [1.29, 1.82) is 0 Å². The molecule has 9 heteroatoms. The van der Waals surface area contributed by atoms with Crippen LogP contribution in [0.5, 0.6) is 0 Å². The van der Waals surface area contributed by atoms with Crippen LogP contribution in [0.3, 0.4) is 0 Å². The van der Waals surface area contributed by atoms with E-state index in [4.69, 9.17) is 5.21 Å². The third-order valence-electron chi connectivity index (χ3n) is 3.69. The summed E-state index contributed by atoms with van der Waals surface area (Å²) in [5.74, 6) is -2.20. The van der Waals surface area contributed by atoms with E-state index in [0.717, 1.165) is 17.8 Å². The van der Waals surface area contributed by atoms with E-state index in [9.17, 15) is 14.0 Å². The second-order valence-electron chi connectivity index (χ2n) is 5.53. The first kappa shape index (κ1) is 18.8. The van der Waals surface area contributed by atoms with Crippen LogP contribution in [0.2, 0.25) is 0 Å². The molecule has 1 aromatic heterocycles. The monoisotopic (exact) mass is 379 g/mol. The van der Waals surface area contributed by atoms with Crippen LogP contribution in [0.15, 0.2) is 66.0 Å². The van der Waals surface area contributed by atoms with E-state index in [-0.39, 0.29) is 16.8 Å². The highest BCUT2D eigenvalue weighted by Crippen LogP contribution is 2.14. The minimum absolute atomic E-state index is 0.0419. The molecule has 28 heavy (non-hydrogen) atoms. The Hall–Kier alpha value is -3.98. The molecule has 0 aliphatic carbocycles. The summed E-state index contributed by atoms with van der Waals surface area (Å²) in [6.45, 7) is 0. The zero-order chi connectivity index (χ0) is 19.9. The molecule has 2 aromatic carbocycles. The summed E-state index contributed by atoms with van der Waals surface area (Å²) in [5, 5.41) is 12.2. The van der Waals surface area contributed by atoms with Crippen molar-refractivity contribution in [1.82, 2.24) is 20.9 Å². The van der Waals surface area contributed by atoms with Gasteiger partial charge in [0.25, 0.3) is 11.8 Å². The molecule has 0 fully saturated rings. The number of nitrogens with zero attached hydrogens (tertiary/aromatic N) is 3. The van der Waals surface area contributed by atoms with Crippen molar-refractivity contribution in [2.45, 2.75) is 0 Å². The molecule has 0 saturated heterocycles. The van der Waals surface area contributed by atoms with E-state index in [1.807, 2.05) is 30.3 Å². The number of carbonyl (C=O) groups excluding carboxylic acids is 2. The molecule has 0 atom stereocenters. The molecule has 0 spiro atoms. The number of halogens is 1. The Morgan fingerprint density at radius 1 is 1.04 bits per heavy atom. The predicted molar refractivity (Wildman–Crippen MR) is 98.2 cm³/mol. The number of hydroxylamine groups is 1. The van der Waals surface area contributed by atoms with Crippen molar-refractivity contribution in [2.75, 3.05) is 0 Å². The van der Waals surface area contributed by atoms with Gasteiger partial charge in [0.05, 0.1) is 24.3 Å². The maximum absolute atomic E-state index is 13.9. The minimum atomic E-state index is -0.840. The number of nitrogens with one attached hydrogen (secondary N) is 2. The van der Waals surface area contributed by atoms with Gasteiger partial charge in [-0.25, -0.2) is 20.3 Å². The Balaban J connectivity index is 1.64. The Morgan fingerprint density at radius 2 is 1.82 bits per heavy atom. The smallest absolute Gasteiger partial charge is 0.288 e. The van der Waals surface area contributed by atoms with Gasteiger partial charge in [-0.1, -0.05) is 30.3 Å². The maximum Gasteiger partial charge on any atom is 0.291 e. The van der Waals surface area contributed by atoms with Crippen molar-refractivity contribution in [3.8, 4) is 11.3 Å². The fraction of sp³-hybridized carbons (Fsp3) is 0. The van der Waals surface area contributed by atoms with E-state index in [2.05, 4.69) is 20.5 Å². The lowest BCUT2D eigenvalue weighted by Crippen LogP contribution is -2.20. The molecule has 0 bridgehead atoms. The van der Waals surface area contributed by atoms with E-state index in [1.54, 1.807) is 0 Å². The molecule has 0 radical (unpaired) electrons. The molecule has 8 nitrogen and oxygen atoms in total. The Kier molecular flexibility index (Phi) is 5.78. The van der Waals surface area contributed by atoms with Crippen LogP contribution < -0.4 is 10.9 Å². The van der Waals surface area contributed by atoms with Crippen LogP contribution in [0.4, 0.5) is 4.39 Å². The van der Waals surface area contributed by atoms with Gasteiger partial charge in [-0.2, -0.15) is 5.10 Å². The van der Waals surface area contributed by atoms with Gasteiger partial charge in [0.2, 0.25) is 0 Å². The van der Waals surface area contributed by atoms with Gasteiger partial charge >= 0.3 is 0 Å². The largest absolute Gasteiger partial charge is 0.291 e. The second-order valence-corrected chi connectivity index (χ2v) is 5.53. The second kappa shape index (κ2) is 8.60. The van der Waals surface area contributed by atoms with Crippen molar-refractivity contribution < 1.29 is 19.2 Å². The first-order chi connectivity index (χ1) is 13.6. The topological polar surface area (TPSA) is 117 Å². The third-order valence-corrected chi connectivity index (χ3v) is 3.69. The van der Waals surface area contributed by atoms with Crippen molar-refractivity contribution in [2.24, 2.45) is 5.10 Å². The first-order valence-electron chi connectivity index (χ1n) is 8.03. The van der Waals surface area contributed by atoms with Crippen LogP contribution in [0, 0.1) is 5.82 Å². The van der Waals surface area contributed by atoms with Gasteiger partial charge in [0.15, 0.2) is 0 Å². The lowest BCUT2D eigenvalue weighted by Gasteiger charge is -2.03. The van der Waals surface area contributed by atoms with Gasteiger partial charge < -0.3 is 0 Å². The molecule has 3 rings (SSSR count). The number of carbonyl (C=O) groups is 2. The molecular weight excluding hydrogens is 365 g/mol. The standard InChI is InChI=1S/C19H14FN5O3/c20-15-8-13(18(26)25-28)6-7-14(15)9-23-24-19(27)17-11-21-16(10-22-17)12-4-2-1-3-5-12/h1-11,28H,(H,24,27)(H,25,26). The maximum atomic E-state index is 13.9. The van der Waals surface area contributed by atoms with E-state index >= 15 is 0 Å². The molecule has 0 unspecified atom stereocenters. The number of hydrazone groups is 1. The summed E-state index contributed by atoms with van der Waals surface area (Å²) in [4.78, 5) is 31.5. The number of benzene rings is 2. The average molecular weight is 379 g/mol. The molecule has 0 aliphatic heterocycles. The number of hydrogen-bond donors (Lipinski definition) is 3. The Bertz CT molecular complexity index is 1020. The zero-order valence-corrected chi connectivity index (χ0v) is 14.3. The lowest BCUT2D eigenvalue weighted by molar-refractivity contribution is 0.0706. The van der Waals surface area contributed by atoms with Crippen molar-refractivity contribution in [3.05, 3.63) is 83.6 Å². The minimum Gasteiger partial charge on any atom is -0.288 e. The molecule has 3 aromatic rings.